The number of carbonyl (C=O) groups is 3. The van der Waals surface area contributed by atoms with Crippen molar-refractivity contribution in [2.24, 2.45) is 5.92 Å². The molecule has 252 valence electrons. The highest BCUT2D eigenvalue weighted by Crippen LogP contribution is 2.46. The Labute approximate surface area is 280 Å². The SMILES string of the molecule is CC1OCCCCC=CC2CC2(C(=O)NS(=O)(=O)C2CC2)NC(=O)C2CC(Oc3cc(-c4ccccc4)nc4ccccc34)CN2C1=O. The Morgan fingerprint density at radius 2 is 1.85 bits per heavy atom. The van der Waals surface area contributed by atoms with Crippen LogP contribution >= 0.6 is 0 Å². The molecule has 2 aromatic carbocycles. The van der Waals surface area contributed by atoms with Gasteiger partial charge in [0.25, 0.3) is 11.8 Å². The molecule has 0 bridgehead atoms. The van der Waals surface area contributed by atoms with Crippen LogP contribution in [-0.2, 0) is 29.1 Å². The van der Waals surface area contributed by atoms with Crippen LogP contribution in [0.15, 0.2) is 72.8 Å². The van der Waals surface area contributed by atoms with Crippen LogP contribution in [0.4, 0.5) is 0 Å². The van der Waals surface area contributed by atoms with Gasteiger partial charge in [-0.25, -0.2) is 13.4 Å². The zero-order chi connectivity index (χ0) is 33.5. The monoisotopic (exact) mass is 672 g/mol. The predicted molar refractivity (Wildman–Crippen MR) is 179 cm³/mol. The highest BCUT2D eigenvalue weighted by Gasteiger charge is 2.62. The number of benzene rings is 2. The molecule has 1 saturated heterocycles. The van der Waals surface area contributed by atoms with Gasteiger partial charge < -0.3 is 19.7 Å². The van der Waals surface area contributed by atoms with E-state index in [1.807, 2.05) is 72.8 Å². The van der Waals surface area contributed by atoms with Gasteiger partial charge in [-0.15, -0.1) is 0 Å². The first-order chi connectivity index (χ1) is 23.1. The van der Waals surface area contributed by atoms with Crippen LogP contribution in [0.2, 0.25) is 0 Å². The smallest absolute Gasteiger partial charge is 0.259 e. The van der Waals surface area contributed by atoms with Gasteiger partial charge in [-0.05, 0) is 57.6 Å². The molecule has 2 N–H and O–H groups in total. The first kappa shape index (κ1) is 32.3. The summed E-state index contributed by atoms with van der Waals surface area (Å²) in [4.78, 5) is 47.8. The second-order valence-electron chi connectivity index (χ2n) is 13.3. The summed E-state index contributed by atoms with van der Waals surface area (Å²) in [5.41, 5.74) is 0.986. The second-order valence-corrected chi connectivity index (χ2v) is 15.2. The summed E-state index contributed by atoms with van der Waals surface area (Å²) in [6, 6.07) is 18.3. The lowest BCUT2D eigenvalue weighted by atomic mass is 10.1. The fourth-order valence-corrected chi connectivity index (χ4v) is 8.07. The van der Waals surface area contributed by atoms with Crippen molar-refractivity contribution in [1.82, 2.24) is 19.9 Å². The molecule has 4 aliphatic rings. The maximum Gasteiger partial charge on any atom is 0.259 e. The molecule has 2 aliphatic carbocycles. The van der Waals surface area contributed by atoms with E-state index in [1.54, 1.807) is 6.92 Å². The Morgan fingerprint density at radius 3 is 2.65 bits per heavy atom. The Hall–Kier alpha value is -4.29. The average Bonchev–Trinajstić information content (AvgIpc) is 4.01. The lowest BCUT2D eigenvalue weighted by molar-refractivity contribution is -0.147. The molecule has 1 aromatic heterocycles. The summed E-state index contributed by atoms with van der Waals surface area (Å²) in [5, 5.41) is 3.12. The fraction of sp³-hybridized carbons (Fsp3) is 0.444. The Balaban J connectivity index is 1.18. The van der Waals surface area contributed by atoms with E-state index in [2.05, 4.69) is 10.0 Å². The zero-order valence-corrected chi connectivity index (χ0v) is 27.7. The molecule has 3 heterocycles. The van der Waals surface area contributed by atoms with Gasteiger partial charge in [0.2, 0.25) is 15.9 Å². The number of rotatable bonds is 6. The van der Waals surface area contributed by atoms with Gasteiger partial charge in [0.05, 0.1) is 23.0 Å². The maximum atomic E-state index is 14.1. The quantitative estimate of drug-likeness (QED) is 0.376. The number of nitrogens with zero attached hydrogens (tertiary/aromatic N) is 2. The van der Waals surface area contributed by atoms with Crippen molar-refractivity contribution in [2.45, 2.75) is 80.9 Å². The van der Waals surface area contributed by atoms with Crippen LogP contribution in [-0.4, -0.2) is 78.2 Å². The highest BCUT2D eigenvalue weighted by atomic mass is 32.2. The summed E-state index contributed by atoms with van der Waals surface area (Å²) in [5.74, 6) is -1.40. The van der Waals surface area contributed by atoms with Crippen molar-refractivity contribution in [2.75, 3.05) is 13.2 Å². The number of fused-ring (bicyclic) bond motifs is 3. The Kier molecular flexibility index (Phi) is 8.71. The normalized spacial score (nSPS) is 28.1. The molecule has 12 heteroatoms. The standard InChI is InChI=1S/C36H40N4O7S/c1-23-34(42)40-22-26(47-32-20-30(24-11-5-4-6-12-24)37-29-15-9-8-14-28(29)32)19-31(40)33(41)38-36(35(43)39-48(44,45)27-16-17-27)21-25(36)13-7-2-3-10-18-46-23/h4-9,11-15,20,23,25-27,31H,2-3,10,16-19,21-22H2,1H3,(H,38,41)(H,39,43). The van der Waals surface area contributed by atoms with Crippen molar-refractivity contribution in [1.29, 1.82) is 0 Å². The van der Waals surface area contributed by atoms with E-state index >= 15 is 0 Å². The summed E-state index contributed by atoms with van der Waals surface area (Å²) >= 11 is 0. The molecule has 2 aliphatic heterocycles. The molecular formula is C36H40N4O7S. The minimum atomic E-state index is -3.83. The molecular weight excluding hydrogens is 632 g/mol. The first-order valence-electron chi connectivity index (χ1n) is 16.7. The number of aromatic nitrogens is 1. The molecule has 3 aromatic rings. The van der Waals surface area contributed by atoms with E-state index in [0.717, 1.165) is 41.4 Å². The molecule has 7 rings (SSSR count). The number of hydrogen-bond acceptors (Lipinski definition) is 8. The Bertz CT molecular complexity index is 1860. The molecule has 3 amide bonds. The summed E-state index contributed by atoms with van der Waals surface area (Å²) < 4.78 is 40.2. The first-order valence-corrected chi connectivity index (χ1v) is 18.3. The van der Waals surface area contributed by atoms with Crippen molar-refractivity contribution >= 4 is 38.6 Å². The molecule has 11 nitrogen and oxygen atoms in total. The second kappa shape index (κ2) is 13.0. The van der Waals surface area contributed by atoms with Gasteiger partial charge in [-0.3, -0.25) is 19.1 Å². The number of allylic oxidation sites excluding steroid dienone is 1. The highest BCUT2D eigenvalue weighted by molar-refractivity contribution is 7.91. The lowest BCUT2D eigenvalue weighted by Crippen LogP contribution is -2.57. The summed E-state index contributed by atoms with van der Waals surface area (Å²) in [6.07, 6.45) is 6.24. The average molecular weight is 673 g/mol. The maximum absolute atomic E-state index is 14.1. The van der Waals surface area contributed by atoms with Gasteiger partial charge >= 0.3 is 0 Å². The van der Waals surface area contributed by atoms with Crippen LogP contribution in [0.1, 0.15) is 51.9 Å². The van der Waals surface area contributed by atoms with Crippen molar-refractivity contribution < 1.29 is 32.3 Å². The van der Waals surface area contributed by atoms with E-state index in [1.165, 1.54) is 4.90 Å². The fourth-order valence-electron chi connectivity index (χ4n) is 6.71. The van der Waals surface area contributed by atoms with Crippen LogP contribution in [0, 0.1) is 5.92 Å². The third kappa shape index (κ3) is 6.55. The van der Waals surface area contributed by atoms with Gasteiger partial charge in [0, 0.05) is 36.0 Å². The van der Waals surface area contributed by atoms with E-state index < -0.39 is 50.9 Å². The van der Waals surface area contributed by atoms with Gasteiger partial charge in [-0.2, -0.15) is 0 Å². The molecule has 0 radical (unpaired) electrons. The van der Waals surface area contributed by atoms with E-state index in [0.29, 0.717) is 25.2 Å². The third-order valence-electron chi connectivity index (χ3n) is 9.70. The number of nitrogens with one attached hydrogen (secondary N) is 2. The number of pyridine rings is 1. The number of para-hydroxylation sites is 1. The molecule has 2 saturated carbocycles. The summed E-state index contributed by atoms with van der Waals surface area (Å²) in [6.45, 7) is 2.20. The summed E-state index contributed by atoms with van der Waals surface area (Å²) in [7, 11) is -3.83. The van der Waals surface area contributed by atoms with Crippen LogP contribution in [0.3, 0.4) is 0 Å². The molecule has 5 atom stereocenters. The van der Waals surface area contributed by atoms with E-state index in [-0.39, 0.29) is 31.2 Å². The molecule has 48 heavy (non-hydrogen) atoms. The van der Waals surface area contributed by atoms with Gasteiger partial charge in [-0.1, -0.05) is 54.6 Å². The van der Waals surface area contributed by atoms with Gasteiger partial charge in [0.15, 0.2) is 0 Å². The minimum absolute atomic E-state index is 0.126. The number of carbonyl (C=O) groups excluding carboxylic acids is 3. The van der Waals surface area contributed by atoms with E-state index in [4.69, 9.17) is 14.5 Å². The van der Waals surface area contributed by atoms with E-state index in [9.17, 15) is 22.8 Å². The number of amides is 3. The van der Waals surface area contributed by atoms with Crippen molar-refractivity contribution in [3.05, 3.63) is 72.8 Å². The third-order valence-corrected chi connectivity index (χ3v) is 11.5. The zero-order valence-electron chi connectivity index (χ0n) is 26.8. The number of ether oxygens (including phenoxy) is 2. The number of hydrogen-bond donors (Lipinski definition) is 2. The van der Waals surface area contributed by atoms with Crippen LogP contribution in [0.25, 0.3) is 22.2 Å². The van der Waals surface area contributed by atoms with Crippen LogP contribution in [0.5, 0.6) is 5.75 Å². The number of sulfonamides is 1. The predicted octanol–water partition coefficient (Wildman–Crippen LogP) is 3.88. The lowest BCUT2D eigenvalue weighted by Gasteiger charge is -2.28. The topological polar surface area (TPSA) is 144 Å². The van der Waals surface area contributed by atoms with Crippen molar-refractivity contribution in [3.8, 4) is 17.0 Å². The van der Waals surface area contributed by atoms with Crippen molar-refractivity contribution in [3.63, 3.8) is 0 Å². The Morgan fingerprint density at radius 1 is 1.08 bits per heavy atom. The molecule has 5 unspecified atom stereocenters. The molecule has 0 spiro atoms. The largest absolute Gasteiger partial charge is 0.488 e. The minimum Gasteiger partial charge on any atom is -0.488 e. The van der Waals surface area contributed by atoms with Crippen LogP contribution < -0.4 is 14.8 Å². The molecule has 3 fully saturated rings. The van der Waals surface area contributed by atoms with Gasteiger partial charge in [0.1, 0.15) is 29.5 Å².